The Labute approximate surface area is 225 Å². The lowest BCUT2D eigenvalue weighted by Crippen LogP contribution is -2.40. The molecule has 0 amide bonds. The van der Waals surface area contributed by atoms with Crippen LogP contribution in [0.3, 0.4) is 0 Å². The van der Waals surface area contributed by atoms with Gasteiger partial charge in [0.1, 0.15) is 17.5 Å². The second kappa shape index (κ2) is 11.0. The maximum absolute atomic E-state index is 13.8. The minimum atomic E-state index is -0.962. The second-order valence-electron chi connectivity index (χ2n) is 8.26. The SMILES string of the molecule is CCOC(=O)C1=C(C)N=c2s/c(=C\c3cc(OC)c(O)c([N+](=O)[O-])c3)c(=O)n2[C@H]1c1cc(OC)ccc1OC. The lowest BCUT2D eigenvalue weighted by Gasteiger charge is -2.26. The Bertz CT molecular complexity index is 1690. The van der Waals surface area contributed by atoms with Crippen molar-refractivity contribution in [2.24, 2.45) is 4.99 Å². The largest absolute Gasteiger partial charge is 0.500 e. The van der Waals surface area contributed by atoms with Crippen LogP contribution in [0.15, 0.2) is 51.4 Å². The smallest absolute Gasteiger partial charge is 0.338 e. The van der Waals surface area contributed by atoms with Crippen LogP contribution in [-0.4, -0.2) is 48.5 Å². The van der Waals surface area contributed by atoms with Crippen molar-refractivity contribution in [3.63, 3.8) is 0 Å². The predicted molar refractivity (Wildman–Crippen MR) is 141 cm³/mol. The van der Waals surface area contributed by atoms with E-state index in [1.807, 2.05) is 0 Å². The van der Waals surface area contributed by atoms with Gasteiger partial charge in [0.05, 0.1) is 48.7 Å². The number of fused-ring (bicyclic) bond motifs is 1. The van der Waals surface area contributed by atoms with Crippen LogP contribution in [0.2, 0.25) is 0 Å². The van der Waals surface area contributed by atoms with Gasteiger partial charge in [0.25, 0.3) is 5.56 Å². The molecule has 2 heterocycles. The van der Waals surface area contributed by atoms with E-state index in [0.29, 0.717) is 27.6 Å². The Kier molecular flexibility index (Phi) is 7.72. The van der Waals surface area contributed by atoms with Crippen molar-refractivity contribution in [1.29, 1.82) is 0 Å². The van der Waals surface area contributed by atoms with Crippen molar-refractivity contribution in [3.8, 4) is 23.0 Å². The summed E-state index contributed by atoms with van der Waals surface area (Å²) in [5, 5.41) is 21.6. The summed E-state index contributed by atoms with van der Waals surface area (Å²) in [4.78, 5) is 42.5. The number of aromatic hydroxyl groups is 1. The van der Waals surface area contributed by atoms with Crippen LogP contribution in [0.4, 0.5) is 5.69 Å². The molecule has 1 aliphatic heterocycles. The number of rotatable bonds is 8. The molecule has 0 aliphatic carbocycles. The van der Waals surface area contributed by atoms with Crippen molar-refractivity contribution in [2.45, 2.75) is 19.9 Å². The standard InChI is InChI=1S/C26H25N3O9S/c1-6-38-25(32)21-13(2)27-26-28(22(21)16-12-15(35-3)7-8-18(16)36-4)24(31)20(39-26)11-14-9-17(29(33)34)23(30)19(10-14)37-5/h7-12,22,30H,6H2,1-5H3/b20-11-/t22-/m0/s1. The maximum atomic E-state index is 13.8. The van der Waals surface area contributed by atoms with E-state index in [4.69, 9.17) is 18.9 Å². The molecule has 0 saturated carbocycles. The molecular weight excluding hydrogens is 530 g/mol. The van der Waals surface area contributed by atoms with Gasteiger partial charge in [-0.05, 0) is 49.8 Å². The van der Waals surface area contributed by atoms with Gasteiger partial charge in [-0.15, -0.1) is 0 Å². The van der Waals surface area contributed by atoms with Gasteiger partial charge in [-0.1, -0.05) is 11.3 Å². The van der Waals surface area contributed by atoms with Crippen LogP contribution in [-0.2, 0) is 9.53 Å². The summed E-state index contributed by atoms with van der Waals surface area (Å²) in [6, 6.07) is 6.58. The van der Waals surface area contributed by atoms with Crippen LogP contribution in [0.1, 0.15) is 31.0 Å². The van der Waals surface area contributed by atoms with Gasteiger partial charge in [0, 0.05) is 11.6 Å². The number of esters is 1. The van der Waals surface area contributed by atoms with Gasteiger partial charge in [0.2, 0.25) is 5.75 Å². The number of phenolic OH excluding ortho intramolecular Hbond substituents is 1. The molecule has 1 atom stereocenters. The first-order valence-corrected chi connectivity index (χ1v) is 12.4. The van der Waals surface area contributed by atoms with Crippen molar-refractivity contribution < 1.29 is 33.8 Å². The van der Waals surface area contributed by atoms with Gasteiger partial charge in [-0.2, -0.15) is 0 Å². The number of carbonyl (C=O) groups excluding carboxylic acids is 1. The number of hydrogen-bond donors (Lipinski definition) is 1. The molecule has 1 N–H and O–H groups in total. The molecule has 0 radical (unpaired) electrons. The van der Waals surface area contributed by atoms with Gasteiger partial charge in [-0.3, -0.25) is 19.5 Å². The summed E-state index contributed by atoms with van der Waals surface area (Å²) < 4.78 is 22.9. The van der Waals surface area contributed by atoms with Crippen LogP contribution in [0, 0.1) is 10.1 Å². The molecular formula is C26H25N3O9S. The third-order valence-electron chi connectivity index (χ3n) is 6.04. The molecule has 0 saturated heterocycles. The molecule has 1 aliphatic rings. The third kappa shape index (κ3) is 4.95. The summed E-state index contributed by atoms with van der Waals surface area (Å²) in [7, 11) is 4.23. The van der Waals surface area contributed by atoms with E-state index in [-0.39, 0.29) is 28.0 Å². The fourth-order valence-corrected chi connectivity index (χ4v) is 5.33. The van der Waals surface area contributed by atoms with Gasteiger partial charge in [-0.25, -0.2) is 9.79 Å². The number of ether oxygens (including phenoxy) is 4. The summed E-state index contributed by atoms with van der Waals surface area (Å²) in [5.41, 5.74) is 0.162. The first-order valence-electron chi connectivity index (χ1n) is 11.6. The molecule has 39 heavy (non-hydrogen) atoms. The van der Waals surface area contributed by atoms with Crippen LogP contribution in [0.25, 0.3) is 6.08 Å². The highest BCUT2D eigenvalue weighted by Crippen LogP contribution is 2.39. The average Bonchev–Trinajstić information content (AvgIpc) is 3.22. The van der Waals surface area contributed by atoms with Gasteiger partial charge in [0.15, 0.2) is 10.6 Å². The van der Waals surface area contributed by atoms with Crippen molar-refractivity contribution in [1.82, 2.24) is 4.57 Å². The first-order chi connectivity index (χ1) is 18.6. The minimum Gasteiger partial charge on any atom is -0.500 e. The highest BCUT2D eigenvalue weighted by atomic mass is 32.1. The van der Waals surface area contributed by atoms with Crippen LogP contribution in [0.5, 0.6) is 23.0 Å². The normalized spacial score (nSPS) is 14.9. The Hall–Kier alpha value is -4.65. The van der Waals surface area contributed by atoms with E-state index < -0.39 is 33.9 Å². The molecule has 0 spiro atoms. The number of hydrogen-bond acceptors (Lipinski definition) is 11. The molecule has 0 unspecified atom stereocenters. The number of nitrogens with zero attached hydrogens (tertiary/aromatic N) is 3. The molecule has 1 aromatic heterocycles. The number of nitro benzene ring substituents is 1. The molecule has 0 fully saturated rings. The zero-order valence-corrected chi connectivity index (χ0v) is 22.5. The number of phenols is 1. The number of benzene rings is 2. The number of allylic oxidation sites excluding steroid dienone is 1. The number of nitro groups is 1. The summed E-state index contributed by atoms with van der Waals surface area (Å²) in [6.45, 7) is 3.44. The number of thiazole rings is 1. The quantitative estimate of drug-likeness (QED) is 0.251. The lowest BCUT2D eigenvalue weighted by atomic mass is 9.94. The van der Waals surface area contributed by atoms with Crippen molar-refractivity contribution in [2.75, 3.05) is 27.9 Å². The summed E-state index contributed by atoms with van der Waals surface area (Å²) in [5.74, 6) is -0.495. The number of aromatic nitrogens is 1. The van der Waals surface area contributed by atoms with Gasteiger partial charge >= 0.3 is 11.7 Å². The van der Waals surface area contributed by atoms with Crippen molar-refractivity contribution in [3.05, 3.63) is 82.5 Å². The Morgan fingerprint density at radius 1 is 1.18 bits per heavy atom. The van der Waals surface area contributed by atoms with Gasteiger partial charge < -0.3 is 24.1 Å². The molecule has 204 valence electrons. The zero-order chi connectivity index (χ0) is 28.4. The Balaban J connectivity index is 2.02. The highest BCUT2D eigenvalue weighted by Gasteiger charge is 2.35. The second-order valence-corrected chi connectivity index (χ2v) is 9.27. The lowest BCUT2D eigenvalue weighted by molar-refractivity contribution is -0.386. The molecule has 12 nitrogen and oxygen atoms in total. The molecule has 3 aromatic rings. The fourth-order valence-electron chi connectivity index (χ4n) is 4.28. The number of carbonyl (C=O) groups is 1. The van der Waals surface area contributed by atoms with Crippen LogP contribution >= 0.6 is 11.3 Å². The third-order valence-corrected chi connectivity index (χ3v) is 7.02. The zero-order valence-electron chi connectivity index (χ0n) is 21.7. The van der Waals surface area contributed by atoms with E-state index in [1.165, 1.54) is 38.0 Å². The van der Waals surface area contributed by atoms with E-state index in [2.05, 4.69) is 4.99 Å². The van der Waals surface area contributed by atoms with E-state index in [9.17, 15) is 24.8 Å². The average molecular weight is 556 g/mol. The molecule has 13 heteroatoms. The van der Waals surface area contributed by atoms with E-state index >= 15 is 0 Å². The summed E-state index contributed by atoms with van der Waals surface area (Å²) >= 11 is 1.04. The molecule has 0 bridgehead atoms. The highest BCUT2D eigenvalue weighted by molar-refractivity contribution is 7.07. The molecule has 4 rings (SSSR count). The monoisotopic (exact) mass is 555 g/mol. The predicted octanol–water partition coefficient (Wildman–Crippen LogP) is 2.44. The topological polar surface area (TPSA) is 152 Å². The first kappa shape index (κ1) is 27.4. The van der Waals surface area contributed by atoms with E-state index in [1.54, 1.807) is 32.0 Å². The molecule has 2 aromatic carbocycles. The Morgan fingerprint density at radius 2 is 1.90 bits per heavy atom. The van der Waals surface area contributed by atoms with E-state index in [0.717, 1.165) is 17.4 Å². The summed E-state index contributed by atoms with van der Waals surface area (Å²) in [6.07, 6.45) is 1.43. The minimum absolute atomic E-state index is 0.115. The Morgan fingerprint density at radius 3 is 2.51 bits per heavy atom. The maximum Gasteiger partial charge on any atom is 0.338 e. The fraction of sp³-hybridized carbons (Fsp3) is 0.269. The number of methoxy groups -OCH3 is 3. The van der Waals surface area contributed by atoms with Crippen molar-refractivity contribution >= 4 is 29.1 Å². The van der Waals surface area contributed by atoms with Crippen LogP contribution < -0.4 is 29.1 Å².